The Balaban J connectivity index is 1.44. The average Bonchev–Trinajstić information content (AvgIpc) is 3.23. The highest BCUT2D eigenvalue weighted by molar-refractivity contribution is 5.95. The molecule has 3 atom stereocenters. The first-order chi connectivity index (χ1) is 15.2. The fourth-order valence-corrected chi connectivity index (χ4v) is 5.14. The maximum atomic E-state index is 13.3. The van der Waals surface area contributed by atoms with Gasteiger partial charge in [0.05, 0.1) is 5.56 Å². The Labute approximate surface area is 183 Å². The Morgan fingerprint density at radius 2 is 1.68 bits per heavy atom. The van der Waals surface area contributed by atoms with E-state index in [1.807, 2.05) is 17.9 Å². The van der Waals surface area contributed by atoms with E-state index in [2.05, 4.69) is 76.5 Å². The van der Waals surface area contributed by atoms with Gasteiger partial charge in [-0.15, -0.1) is 0 Å². The fraction of sp³-hybridized carbons (Fsp3) is 0.308. The van der Waals surface area contributed by atoms with Crippen molar-refractivity contribution in [2.75, 3.05) is 13.1 Å². The molecule has 1 amide bonds. The Bertz CT molecular complexity index is 1000. The number of nitrogens with zero attached hydrogens (tertiary/aromatic N) is 2. The molecule has 5 nitrogen and oxygen atoms in total. The van der Waals surface area contributed by atoms with Gasteiger partial charge in [0.25, 0.3) is 5.91 Å². The number of amides is 1. The number of hydrogen-bond acceptors (Lipinski definition) is 4. The number of pyridine rings is 1. The number of hydrazine groups is 1. The molecule has 158 valence electrons. The SMILES string of the molecule is Cc1ccncc1C(=O)N1CCC2NNC(C(c3ccccc3)c3ccccc3)C2C1. The molecule has 0 aliphatic carbocycles. The molecule has 2 fully saturated rings. The third kappa shape index (κ3) is 3.87. The molecule has 3 aromatic rings. The molecule has 1 aromatic heterocycles. The van der Waals surface area contributed by atoms with E-state index in [-0.39, 0.29) is 17.9 Å². The van der Waals surface area contributed by atoms with Crippen LogP contribution in [0.25, 0.3) is 0 Å². The number of carbonyl (C=O) groups excluding carboxylic acids is 1. The second-order valence-corrected chi connectivity index (χ2v) is 8.61. The normalized spacial score (nSPS) is 23.0. The van der Waals surface area contributed by atoms with Gasteiger partial charge in [0, 0.05) is 49.4 Å². The van der Waals surface area contributed by atoms with E-state index < -0.39 is 0 Å². The Morgan fingerprint density at radius 3 is 2.32 bits per heavy atom. The van der Waals surface area contributed by atoms with Crippen LogP contribution in [0.2, 0.25) is 0 Å². The van der Waals surface area contributed by atoms with E-state index in [1.54, 1.807) is 12.4 Å². The van der Waals surface area contributed by atoms with Gasteiger partial charge in [0.2, 0.25) is 0 Å². The maximum Gasteiger partial charge on any atom is 0.255 e. The molecule has 5 heteroatoms. The van der Waals surface area contributed by atoms with Crippen LogP contribution in [0, 0.1) is 12.8 Å². The quantitative estimate of drug-likeness (QED) is 0.688. The molecular weight excluding hydrogens is 384 g/mol. The molecule has 2 aliphatic rings. The van der Waals surface area contributed by atoms with Gasteiger partial charge in [-0.2, -0.15) is 0 Å². The standard InChI is InChI=1S/C26H28N4O/c1-18-12-14-27-16-21(18)26(31)30-15-13-23-22(17-30)25(29-28-23)24(19-8-4-2-5-9-19)20-10-6-3-7-11-20/h2-12,14,16,22-25,28-29H,13,15,17H2,1H3. The minimum absolute atomic E-state index is 0.0886. The molecule has 0 spiro atoms. The maximum absolute atomic E-state index is 13.3. The van der Waals surface area contributed by atoms with E-state index >= 15 is 0 Å². The van der Waals surface area contributed by atoms with Crippen molar-refractivity contribution in [3.63, 3.8) is 0 Å². The average molecular weight is 413 g/mol. The first-order valence-electron chi connectivity index (χ1n) is 11.0. The lowest BCUT2D eigenvalue weighted by molar-refractivity contribution is 0.0648. The zero-order valence-electron chi connectivity index (χ0n) is 17.7. The molecule has 5 rings (SSSR count). The van der Waals surface area contributed by atoms with Crippen molar-refractivity contribution in [2.45, 2.75) is 31.3 Å². The van der Waals surface area contributed by atoms with Crippen LogP contribution in [-0.4, -0.2) is 41.0 Å². The largest absolute Gasteiger partial charge is 0.338 e. The molecule has 2 saturated heterocycles. The summed E-state index contributed by atoms with van der Waals surface area (Å²) in [4.78, 5) is 19.5. The summed E-state index contributed by atoms with van der Waals surface area (Å²) in [5.41, 5.74) is 11.4. The number of aromatic nitrogens is 1. The number of hydrogen-bond donors (Lipinski definition) is 2. The number of likely N-dealkylation sites (tertiary alicyclic amines) is 1. The van der Waals surface area contributed by atoms with Gasteiger partial charge in [-0.3, -0.25) is 20.6 Å². The van der Waals surface area contributed by atoms with Gasteiger partial charge in [-0.1, -0.05) is 60.7 Å². The predicted octanol–water partition coefficient (Wildman–Crippen LogP) is 3.53. The van der Waals surface area contributed by atoms with Crippen molar-refractivity contribution in [3.8, 4) is 0 Å². The van der Waals surface area contributed by atoms with E-state index in [0.717, 1.165) is 25.1 Å². The minimum atomic E-state index is 0.0886. The molecule has 3 heterocycles. The van der Waals surface area contributed by atoms with Crippen molar-refractivity contribution < 1.29 is 4.79 Å². The number of aryl methyl sites for hydroxylation is 1. The number of carbonyl (C=O) groups is 1. The van der Waals surface area contributed by atoms with Crippen molar-refractivity contribution in [2.24, 2.45) is 5.92 Å². The summed E-state index contributed by atoms with van der Waals surface area (Å²) in [6.45, 7) is 3.47. The van der Waals surface area contributed by atoms with Crippen LogP contribution in [0.15, 0.2) is 79.1 Å². The summed E-state index contributed by atoms with van der Waals surface area (Å²) in [7, 11) is 0. The summed E-state index contributed by atoms with van der Waals surface area (Å²) in [5, 5.41) is 0. The Kier molecular flexibility index (Phi) is 5.53. The number of nitrogens with one attached hydrogen (secondary N) is 2. The molecule has 31 heavy (non-hydrogen) atoms. The lowest BCUT2D eigenvalue weighted by Gasteiger charge is -2.38. The third-order valence-electron chi connectivity index (χ3n) is 6.79. The fourth-order valence-electron chi connectivity index (χ4n) is 5.14. The topological polar surface area (TPSA) is 57.3 Å². The zero-order valence-corrected chi connectivity index (χ0v) is 17.7. The third-order valence-corrected chi connectivity index (χ3v) is 6.79. The molecule has 0 bridgehead atoms. The van der Waals surface area contributed by atoms with Crippen molar-refractivity contribution in [1.29, 1.82) is 0 Å². The number of piperidine rings is 1. The van der Waals surface area contributed by atoms with Gasteiger partial charge < -0.3 is 4.90 Å². The molecule has 3 unspecified atom stereocenters. The number of fused-ring (bicyclic) bond motifs is 1. The van der Waals surface area contributed by atoms with Crippen LogP contribution in [0.1, 0.15) is 39.4 Å². The number of rotatable bonds is 4. The zero-order chi connectivity index (χ0) is 21.2. The van der Waals surface area contributed by atoms with E-state index in [9.17, 15) is 4.79 Å². The molecule has 2 aliphatic heterocycles. The lowest BCUT2D eigenvalue weighted by atomic mass is 9.76. The highest BCUT2D eigenvalue weighted by Crippen LogP contribution is 2.37. The van der Waals surface area contributed by atoms with Crippen molar-refractivity contribution in [3.05, 3.63) is 101 Å². The summed E-state index contributed by atoms with van der Waals surface area (Å²) in [6, 6.07) is 23.8. The van der Waals surface area contributed by atoms with Gasteiger partial charge >= 0.3 is 0 Å². The van der Waals surface area contributed by atoms with Gasteiger partial charge in [0.15, 0.2) is 0 Å². The van der Waals surface area contributed by atoms with Crippen LogP contribution < -0.4 is 10.9 Å². The highest BCUT2D eigenvalue weighted by atomic mass is 16.2. The van der Waals surface area contributed by atoms with Crippen LogP contribution in [0.3, 0.4) is 0 Å². The summed E-state index contributed by atoms with van der Waals surface area (Å²) in [6.07, 6.45) is 4.38. The highest BCUT2D eigenvalue weighted by Gasteiger charge is 2.45. The Morgan fingerprint density at radius 1 is 1.00 bits per heavy atom. The predicted molar refractivity (Wildman–Crippen MR) is 122 cm³/mol. The second kappa shape index (κ2) is 8.61. The second-order valence-electron chi connectivity index (χ2n) is 8.61. The van der Waals surface area contributed by atoms with Gasteiger partial charge in [-0.25, -0.2) is 0 Å². The molecule has 0 saturated carbocycles. The first kappa shape index (κ1) is 19.9. The summed E-state index contributed by atoms with van der Waals surface area (Å²) in [5.74, 6) is 0.617. The van der Waals surface area contributed by atoms with Crippen LogP contribution >= 0.6 is 0 Å². The van der Waals surface area contributed by atoms with E-state index in [1.165, 1.54) is 11.1 Å². The first-order valence-corrected chi connectivity index (χ1v) is 11.0. The minimum Gasteiger partial charge on any atom is -0.338 e. The van der Waals surface area contributed by atoms with Gasteiger partial charge in [-0.05, 0) is 36.1 Å². The number of benzene rings is 2. The van der Waals surface area contributed by atoms with Crippen molar-refractivity contribution >= 4 is 5.91 Å². The molecular formula is C26H28N4O. The van der Waals surface area contributed by atoms with Crippen LogP contribution in [0.5, 0.6) is 0 Å². The molecule has 2 N–H and O–H groups in total. The molecule has 0 radical (unpaired) electrons. The van der Waals surface area contributed by atoms with Crippen LogP contribution in [0.4, 0.5) is 0 Å². The van der Waals surface area contributed by atoms with E-state index in [0.29, 0.717) is 17.5 Å². The van der Waals surface area contributed by atoms with E-state index in [4.69, 9.17) is 0 Å². The summed E-state index contributed by atoms with van der Waals surface area (Å²) >= 11 is 0. The smallest absolute Gasteiger partial charge is 0.255 e. The van der Waals surface area contributed by atoms with Crippen LogP contribution in [-0.2, 0) is 0 Å². The van der Waals surface area contributed by atoms with Crippen molar-refractivity contribution in [1.82, 2.24) is 20.7 Å². The lowest BCUT2D eigenvalue weighted by Crippen LogP contribution is -2.49. The summed E-state index contributed by atoms with van der Waals surface area (Å²) < 4.78 is 0. The van der Waals surface area contributed by atoms with Gasteiger partial charge in [0.1, 0.15) is 0 Å². The molecule has 2 aromatic carbocycles. The Hall–Kier alpha value is -3.02. The monoisotopic (exact) mass is 412 g/mol.